The lowest BCUT2D eigenvalue weighted by molar-refractivity contribution is -0.197. The van der Waals surface area contributed by atoms with Gasteiger partial charge in [0.05, 0.1) is 24.1 Å². The van der Waals surface area contributed by atoms with E-state index < -0.39 is 37.2 Å². The summed E-state index contributed by atoms with van der Waals surface area (Å²) >= 11 is 0. The number of imidazole rings is 1. The number of nitrogens with zero attached hydrogens (tertiary/aromatic N) is 5. The average Bonchev–Trinajstić information content (AvgIpc) is 3.53. The molecule has 3 aliphatic carbocycles. The third-order valence-corrected chi connectivity index (χ3v) is 7.93. The second-order valence-corrected chi connectivity index (χ2v) is 10.8. The van der Waals surface area contributed by atoms with Crippen molar-refractivity contribution < 1.29 is 32.2 Å². The molecular formula is C24H27F3N8O4. The first-order chi connectivity index (χ1) is 18.8. The van der Waals surface area contributed by atoms with Crippen LogP contribution >= 0.6 is 0 Å². The van der Waals surface area contributed by atoms with Gasteiger partial charge in [-0.05, 0) is 31.2 Å². The summed E-state index contributed by atoms with van der Waals surface area (Å²) in [4.78, 5) is 23.1. The minimum atomic E-state index is -2.77. The van der Waals surface area contributed by atoms with Gasteiger partial charge in [-0.15, -0.1) is 0 Å². The molecule has 39 heavy (non-hydrogen) atoms. The largest absolute Gasteiger partial charge is 0.441 e. The van der Waals surface area contributed by atoms with Crippen molar-refractivity contribution in [3.8, 4) is 0 Å². The molecule has 0 unspecified atom stereocenters. The van der Waals surface area contributed by atoms with Crippen LogP contribution in [0.1, 0.15) is 36.8 Å². The highest BCUT2D eigenvalue weighted by molar-refractivity contribution is 5.69. The van der Waals surface area contributed by atoms with Gasteiger partial charge in [-0.2, -0.15) is 13.9 Å². The van der Waals surface area contributed by atoms with Gasteiger partial charge in [-0.1, -0.05) is 0 Å². The Morgan fingerprint density at radius 1 is 1.31 bits per heavy atom. The summed E-state index contributed by atoms with van der Waals surface area (Å²) in [5.74, 6) is 1.52. The highest BCUT2D eigenvalue weighted by Crippen LogP contribution is 2.57. The molecule has 3 aromatic rings. The highest BCUT2D eigenvalue weighted by Gasteiger charge is 2.58. The van der Waals surface area contributed by atoms with Gasteiger partial charge in [0, 0.05) is 43.6 Å². The fraction of sp³-hybridized carbons (Fsp3) is 0.583. The van der Waals surface area contributed by atoms with Crippen LogP contribution in [0, 0.1) is 5.92 Å². The average molecular weight is 549 g/mol. The van der Waals surface area contributed by atoms with E-state index in [1.807, 2.05) is 4.90 Å². The van der Waals surface area contributed by atoms with E-state index in [4.69, 9.17) is 9.47 Å². The first-order valence-corrected chi connectivity index (χ1v) is 12.9. The monoisotopic (exact) mass is 548 g/mol. The van der Waals surface area contributed by atoms with Crippen LogP contribution in [0.2, 0.25) is 0 Å². The second-order valence-electron chi connectivity index (χ2n) is 10.8. The number of nitrogens with one attached hydrogen (secondary N) is 3. The Morgan fingerprint density at radius 3 is 2.87 bits per heavy atom. The Kier molecular flexibility index (Phi) is 5.89. The molecule has 0 radical (unpaired) electrons. The van der Waals surface area contributed by atoms with E-state index in [1.54, 1.807) is 28.9 Å². The van der Waals surface area contributed by atoms with E-state index in [0.717, 1.165) is 25.0 Å². The number of carbonyl (C=O) groups excluding carboxylic acids is 1. The van der Waals surface area contributed by atoms with E-state index >= 15 is 4.39 Å². The number of H-pyrrole nitrogens is 1. The van der Waals surface area contributed by atoms with Gasteiger partial charge in [-0.25, -0.2) is 19.2 Å². The van der Waals surface area contributed by atoms with Gasteiger partial charge in [-0.3, -0.25) is 14.4 Å². The summed E-state index contributed by atoms with van der Waals surface area (Å²) < 4.78 is 57.0. The molecule has 1 amide bonds. The van der Waals surface area contributed by atoms with Crippen molar-refractivity contribution in [1.82, 2.24) is 34.8 Å². The Bertz CT molecular complexity index is 1360. The van der Waals surface area contributed by atoms with Gasteiger partial charge >= 0.3 is 12.7 Å². The number of aromatic nitrogens is 5. The molecule has 2 saturated heterocycles. The molecule has 3 N–H and O–H groups in total. The predicted octanol–water partition coefficient (Wildman–Crippen LogP) is 2.68. The number of rotatable bonds is 9. The van der Waals surface area contributed by atoms with Crippen molar-refractivity contribution in [3.05, 3.63) is 35.9 Å². The van der Waals surface area contributed by atoms with Crippen LogP contribution in [-0.2, 0) is 20.8 Å². The molecule has 5 heterocycles. The van der Waals surface area contributed by atoms with Crippen molar-refractivity contribution in [3.63, 3.8) is 0 Å². The van der Waals surface area contributed by atoms with Crippen molar-refractivity contribution in [2.24, 2.45) is 5.92 Å². The van der Waals surface area contributed by atoms with Gasteiger partial charge in [0.2, 0.25) is 5.95 Å². The second kappa shape index (κ2) is 9.34. The Labute approximate surface area is 220 Å². The third-order valence-electron chi connectivity index (χ3n) is 7.93. The van der Waals surface area contributed by atoms with E-state index in [0.29, 0.717) is 48.7 Å². The number of aromatic amines is 1. The summed E-state index contributed by atoms with van der Waals surface area (Å²) in [6.45, 7) is -1.52. The standard InChI is InChI=1S/C24H27F3N8O4/c25-19-16(39-23(36)31-24-4-12(5-24)6-24)11-37-20(19)15-3-17(33-32-15)30-22-28-2-1-18-29-13(8-35(18)22)7-34-9-14(10-34)38-21(26)27/h1-3,8,12,14,16,19-21H,4-7,9-11H2,(H,31,36)(H2,28,30,32,33)/t12?,16-,19+,20-,24?/m0/s1. The fourth-order valence-electron chi connectivity index (χ4n) is 5.86. The molecule has 3 aromatic heterocycles. The van der Waals surface area contributed by atoms with Crippen LogP contribution < -0.4 is 10.6 Å². The fourth-order valence-corrected chi connectivity index (χ4v) is 5.86. The van der Waals surface area contributed by atoms with Crippen LogP contribution in [0.4, 0.5) is 29.7 Å². The molecular weight excluding hydrogens is 521 g/mol. The molecule has 2 aliphatic heterocycles. The number of likely N-dealkylation sites (tertiary alicyclic amines) is 1. The maximum Gasteiger partial charge on any atom is 0.408 e. The van der Waals surface area contributed by atoms with Gasteiger partial charge < -0.3 is 24.8 Å². The molecule has 12 nitrogen and oxygen atoms in total. The van der Waals surface area contributed by atoms with Crippen LogP contribution in [0.3, 0.4) is 0 Å². The molecule has 5 aliphatic rings. The zero-order valence-corrected chi connectivity index (χ0v) is 20.7. The molecule has 0 aromatic carbocycles. The lowest BCUT2D eigenvalue weighted by atomic mass is 9.50. The summed E-state index contributed by atoms with van der Waals surface area (Å²) in [5, 5.41) is 13.0. The highest BCUT2D eigenvalue weighted by atomic mass is 19.3. The van der Waals surface area contributed by atoms with Crippen molar-refractivity contribution >= 4 is 23.5 Å². The summed E-state index contributed by atoms with van der Waals surface area (Å²) in [5.41, 5.74) is 1.63. The van der Waals surface area contributed by atoms with Crippen LogP contribution in [0.15, 0.2) is 24.5 Å². The van der Waals surface area contributed by atoms with Crippen LogP contribution in [0.5, 0.6) is 0 Å². The molecule has 15 heteroatoms. The SMILES string of the molecule is O=C(NC12CC(C1)C2)O[C@H]1CO[C@@H](c2cc(Nc3nccc4nc(CN5CC(OC(F)F)C5)cn34)n[nH]2)[C@@H]1F. The van der Waals surface area contributed by atoms with E-state index in [9.17, 15) is 13.6 Å². The summed E-state index contributed by atoms with van der Waals surface area (Å²) in [6.07, 6.45) is 1.70. The smallest absolute Gasteiger partial charge is 0.408 e. The number of fused-ring (bicyclic) bond motifs is 1. The summed E-state index contributed by atoms with van der Waals surface area (Å²) in [6, 6.07) is 3.36. The predicted molar refractivity (Wildman–Crippen MR) is 128 cm³/mol. The topological polar surface area (TPSA) is 131 Å². The maximum absolute atomic E-state index is 15.1. The van der Waals surface area contributed by atoms with Crippen molar-refractivity contribution in [2.45, 2.75) is 62.4 Å². The maximum atomic E-state index is 15.1. The minimum Gasteiger partial charge on any atom is -0.441 e. The first-order valence-electron chi connectivity index (χ1n) is 12.9. The number of alkyl halides is 3. The van der Waals surface area contributed by atoms with E-state index in [1.165, 1.54) is 0 Å². The van der Waals surface area contributed by atoms with Gasteiger partial charge in [0.1, 0.15) is 11.8 Å². The van der Waals surface area contributed by atoms with Crippen LogP contribution in [-0.4, -0.2) is 85.8 Å². The Morgan fingerprint density at radius 2 is 2.13 bits per heavy atom. The third kappa shape index (κ3) is 4.67. The zero-order chi connectivity index (χ0) is 26.7. The number of amides is 1. The molecule has 5 fully saturated rings. The van der Waals surface area contributed by atoms with Gasteiger partial charge in [0.25, 0.3) is 0 Å². The molecule has 3 atom stereocenters. The number of hydrogen-bond acceptors (Lipinski definition) is 9. The number of anilines is 2. The quantitative estimate of drug-likeness (QED) is 0.369. The molecule has 2 bridgehead atoms. The number of alkyl carbamates (subject to hydrolysis) is 1. The first kappa shape index (κ1) is 24.6. The van der Waals surface area contributed by atoms with Crippen molar-refractivity contribution in [2.75, 3.05) is 25.0 Å². The lowest BCUT2D eigenvalue weighted by Gasteiger charge is -2.61. The number of hydrogen-bond donors (Lipinski definition) is 3. The molecule has 208 valence electrons. The van der Waals surface area contributed by atoms with E-state index in [-0.39, 0.29) is 12.1 Å². The normalized spacial score (nSPS) is 30.2. The minimum absolute atomic E-state index is 0.0542. The molecule has 3 saturated carbocycles. The van der Waals surface area contributed by atoms with Crippen LogP contribution in [0.25, 0.3) is 5.65 Å². The van der Waals surface area contributed by atoms with Crippen molar-refractivity contribution in [1.29, 1.82) is 0 Å². The van der Waals surface area contributed by atoms with E-state index in [2.05, 4.69) is 35.5 Å². The summed E-state index contributed by atoms with van der Waals surface area (Å²) in [7, 11) is 0. The number of ether oxygens (including phenoxy) is 3. The molecule has 8 rings (SSSR count). The molecule has 0 spiro atoms. The lowest BCUT2D eigenvalue weighted by Crippen LogP contribution is -2.68. The van der Waals surface area contributed by atoms with Gasteiger partial charge in [0.15, 0.2) is 18.1 Å². The Balaban J connectivity index is 0.965. The number of halogens is 3. The number of carbonyl (C=O) groups is 1. The Hall–Kier alpha value is -3.43. The zero-order valence-electron chi connectivity index (χ0n) is 20.7.